The highest BCUT2D eigenvalue weighted by molar-refractivity contribution is 6.62. The highest BCUT2D eigenvalue weighted by Crippen LogP contribution is 2.42. The number of hydrogen-bond donors (Lipinski definition) is 0. The molecule has 0 aliphatic carbocycles. The molecule has 2 atom stereocenters. The molecule has 1 amide bonds. The van der Waals surface area contributed by atoms with E-state index in [1.807, 2.05) is 72.7 Å². The molecular weight excluding hydrogens is 491 g/mol. The number of rotatable bonds is 3. The van der Waals surface area contributed by atoms with Crippen molar-refractivity contribution in [1.82, 2.24) is 9.47 Å². The molecule has 2 aliphatic rings. The summed E-state index contributed by atoms with van der Waals surface area (Å²) in [6.07, 6.45) is 2.13. The fraction of sp³-hybridized carbons (Fsp3) is 0.571. The Bertz CT molecular complexity index is 1220. The average molecular weight is 529 g/mol. The molecule has 1 aromatic carbocycles. The van der Waals surface area contributed by atoms with E-state index in [2.05, 4.69) is 0 Å². The van der Waals surface area contributed by atoms with Crippen LogP contribution in [0.4, 0.5) is 4.79 Å². The van der Waals surface area contributed by atoms with Gasteiger partial charge >= 0.3 is 13.2 Å². The zero-order valence-electron chi connectivity index (χ0n) is 23.1. The fourth-order valence-electron chi connectivity index (χ4n) is 4.92. The number of pyridine rings is 1. The van der Waals surface area contributed by atoms with Crippen molar-refractivity contribution in [2.45, 2.75) is 83.5 Å². The van der Waals surface area contributed by atoms with Gasteiger partial charge in [0.2, 0.25) is 0 Å². The molecule has 0 saturated carbocycles. The van der Waals surface area contributed by atoms with Gasteiger partial charge in [-0.15, -0.1) is 0 Å². The number of halogens is 1. The molecule has 3 heterocycles. The third kappa shape index (κ3) is 5.76. The Morgan fingerprint density at radius 1 is 1.08 bits per heavy atom. The maximum Gasteiger partial charge on any atom is 0.494 e. The number of benzene rings is 1. The van der Waals surface area contributed by atoms with Gasteiger partial charge in [-0.2, -0.15) is 0 Å². The van der Waals surface area contributed by atoms with E-state index in [0.717, 1.165) is 16.6 Å². The zero-order chi connectivity index (χ0) is 27.3. The van der Waals surface area contributed by atoms with Crippen LogP contribution in [0.1, 0.15) is 77.8 Å². The van der Waals surface area contributed by atoms with Crippen molar-refractivity contribution in [2.75, 3.05) is 13.1 Å². The number of likely N-dealkylation sites (tertiary alicyclic amines) is 1. The first-order valence-electron chi connectivity index (χ1n) is 12.9. The second-order valence-corrected chi connectivity index (χ2v) is 12.6. The van der Waals surface area contributed by atoms with Crippen LogP contribution in [0, 0.1) is 0 Å². The van der Waals surface area contributed by atoms with Crippen molar-refractivity contribution >= 4 is 30.3 Å². The van der Waals surface area contributed by atoms with Gasteiger partial charge in [0.15, 0.2) is 0 Å². The van der Waals surface area contributed by atoms with Gasteiger partial charge in [0, 0.05) is 43.3 Å². The predicted octanol–water partition coefficient (Wildman–Crippen LogP) is 4.85. The average Bonchev–Trinajstić information content (AvgIpc) is 3.01. The number of aromatic nitrogens is 1. The van der Waals surface area contributed by atoms with Gasteiger partial charge in [0.25, 0.3) is 5.56 Å². The van der Waals surface area contributed by atoms with Crippen LogP contribution in [0.5, 0.6) is 0 Å². The third-order valence-electron chi connectivity index (χ3n) is 7.77. The molecule has 9 heteroatoms. The Morgan fingerprint density at radius 3 is 2.30 bits per heavy atom. The molecule has 2 aromatic rings. The van der Waals surface area contributed by atoms with E-state index in [4.69, 9.17) is 25.6 Å². The number of carbonyl (C=O) groups excluding carboxylic acids is 1. The Labute approximate surface area is 225 Å². The second-order valence-electron chi connectivity index (χ2n) is 12.2. The van der Waals surface area contributed by atoms with Crippen molar-refractivity contribution in [3.63, 3.8) is 0 Å². The highest BCUT2D eigenvalue weighted by Gasteiger charge is 2.51. The van der Waals surface area contributed by atoms with Crippen LogP contribution < -0.4 is 11.0 Å². The smallest absolute Gasteiger partial charge is 0.444 e. The van der Waals surface area contributed by atoms with E-state index >= 15 is 0 Å². The lowest BCUT2D eigenvalue weighted by Crippen LogP contribution is -2.44. The minimum Gasteiger partial charge on any atom is -0.444 e. The minimum absolute atomic E-state index is 0.0211. The summed E-state index contributed by atoms with van der Waals surface area (Å²) in [6.45, 7) is 14.6. The number of piperidine rings is 1. The van der Waals surface area contributed by atoms with Crippen LogP contribution in [0.15, 0.2) is 41.3 Å². The first kappa shape index (κ1) is 27.7. The predicted molar refractivity (Wildman–Crippen MR) is 147 cm³/mol. The van der Waals surface area contributed by atoms with Gasteiger partial charge in [0.1, 0.15) is 5.60 Å². The fourth-order valence-corrected chi connectivity index (χ4v) is 5.25. The number of hydrogen-bond acceptors (Lipinski definition) is 5. The molecule has 200 valence electrons. The molecule has 7 nitrogen and oxygen atoms in total. The van der Waals surface area contributed by atoms with Gasteiger partial charge in [-0.3, -0.25) is 4.79 Å². The summed E-state index contributed by atoms with van der Waals surface area (Å²) in [5, 5.41) is 0.581. The summed E-state index contributed by atoms with van der Waals surface area (Å²) in [5.74, 6) is -0.0963. The number of nitrogens with zero attached hydrogens (tertiary/aromatic N) is 2. The molecule has 0 unspecified atom stereocenters. The lowest BCUT2D eigenvalue weighted by Gasteiger charge is -2.40. The summed E-state index contributed by atoms with van der Waals surface area (Å²) in [6, 6.07) is 9.55. The largest absolute Gasteiger partial charge is 0.494 e. The Morgan fingerprint density at radius 2 is 1.73 bits per heavy atom. The maximum atomic E-state index is 13.0. The summed E-state index contributed by atoms with van der Waals surface area (Å²) in [5.41, 5.74) is 1.15. The van der Waals surface area contributed by atoms with Crippen LogP contribution in [-0.2, 0) is 21.1 Å². The Balaban J connectivity index is 1.67. The molecular formula is C28H38BClN2O5. The minimum atomic E-state index is -0.586. The Hall–Kier alpha value is -2.29. The number of carbonyl (C=O) groups is 1. The molecule has 2 fully saturated rings. The molecule has 1 aromatic heterocycles. The molecule has 2 saturated heterocycles. The summed E-state index contributed by atoms with van der Waals surface area (Å²) < 4.78 is 19.6. The zero-order valence-corrected chi connectivity index (χ0v) is 23.9. The van der Waals surface area contributed by atoms with Crippen molar-refractivity contribution in [3.05, 3.63) is 63.0 Å². The van der Waals surface area contributed by atoms with E-state index < -0.39 is 23.9 Å². The third-order valence-corrected chi connectivity index (χ3v) is 8.10. The standard InChI is InChI=1S/C28H38BClN2O5/c1-26(2,3)35-25(34)32-14-12-20(18-11-13-31(8)24(33)15-18)22(17-32)21-10-9-19(16-23(21)30)29-36-27(4,5)28(6,7)37-29/h9-11,13,15-16,20,22H,12,14,17H2,1-8H3/t20-,22+/m0/s1. The molecule has 0 bridgehead atoms. The molecule has 4 rings (SSSR count). The molecule has 2 aliphatic heterocycles. The molecule has 37 heavy (non-hydrogen) atoms. The summed E-state index contributed by atoms with van der Waals surface area (Å²) in [7, 11) is 1.22. The van der Waals surface area contributed by atoms with Crippen LogP contribution in [-0.4, -0.2) is 52.6 Å². The van der Waals surface area contributed by atoms with Crippen molar-refractivity contribution in [3.8, 4) is 0 Å². The molecule has 0 spiro atoms. The van der Waals surface area contributed by atoms with E-state index in [1.165, 1.54) is 0 Å². The van der Waals surface area contributed by atoms with Gasteiger partial charge in [0.05, 0.1) is 11.2 Å². The monoisotopic (exact) mass is 528 g/mol. The van der Waals surface area contributed by atoms with Crippen LogP contribution in [0.25, 0.3) is 0 Å². The molecule has 0 N–H and O–H groups in total. The van der Waals surface area contributed by atoms with E-state index in [-0.39, 0.29) is 23.5 Å². The van der Waals surface area contributed by atoms with E-state index in [0.29, 0.717) is 24.5 Å². The number of aryl methyl sites for hydroxylation is 1. The second kappa shape index (κ2) is 9.79. The first-order chi connectivity index (χ1) is 17.1. The van der Waals surface area contributed by atoms with Crippen LogP contribution in [0.3, 0.4) is 0 Å². The number of amides is 1. The van der Waals surface area contributed by atoms with Crippen LogP contribution in [0.2, 0.25) is 5.02 Å². The highest BCUT2D eigenvalue weighted by atomic mass is 35.5. The van der Waals surface area contributed by atoms with Gasteiger partial charge in [-0.1, -0.05) is 23.7 Å². The van der Waals surface area contributed by atoms with Crippen molar-refractivity contribution < 1.29 is 18.8 Å². The Kier molecular flexibility index (Phi) is 7.34. The first-order valence-corrected chi connectivity index (χ1v) is 13.3. The lowest BCUT2D eigenvalue weighted by atomic mass is 9.74. The quantitative estimate of drug-likeness (QED) is 0.533. The van der Waals surface area contributed by atoms with Crippen LogP contribution >= 0.6 is 11.6 Å². The van der Waals surface area contributed by atoms with Gasteiger partial charge < -0.3 is 23.5 Å². The van der Waals surface area contributed by atoms with Crippen molar-refractivity contribution in [2.24, 2.45) is 7.05 Å². The van der Waals surface area contributed by atoms with Crippen molar-refractivity contribution in [1.29, 1.82) is 0 Å². The molecule has 0 radical (unpaired) electrons. The van der Waals surface area contributed by atoms with Gasteiger partial charge in [-0.25, -0.2) is 4.79 Å². The van der Waals surface area contributed by atoms with Gasteiger partial charge in [-0.05, 0) is 89.5 Å². The lowest BCUT2D eigenvalue weighted by molar-refractivity contribution is 0.00578. The maximum absolute atomic E-state index is 13.0. The topological polar surface area (TPSA) is 70.0 Å². The van der Waals surface area contributed by atoms with E-state index in [1.54, 1.807) is 28.8 Å². The summed E-state index contributed by atoms with van der Waals surface area (Å²) in [4.78, 5) is 27.1. The normalized spacial score (nSPS) is 23.3. The van der Waals surface area contributed by atoms with E-state index in [9.17, 15) is 9.59 Å². The summed E-state index contributed by atoms with van der Waals surface area (Å²) >= 11 is 6.91. The SMILES string of the molecule is Cn1ccc([C@@H]2CCN(C(=O)OC(C)(C)C)C[C@H]2c2ccc(B3OC(C)(C)C(C)(C)O3)cc2Cl)cc1=O. The number of ether oxygens (including phenoxy) is 1.